The van der Waals surface area contributed by atoms with Crippen molar-refractivity contribution in [2.24, 2.45) is 10.7 Å². The van der Waals surface area contributed by atoms with E-state index in [2.05, 4.69) is 16.9 Å². The number of hydrogen-bond donors (Lipinski definition) is 2. The van der Waals surface area contributed by atoms with Gasteiger partial charge in [0, 0.05) is 18.1 Å². The summed E-state index contributed by atoms with van der Waals surface area (Å²) in [6.45, 7) is 7.36. The molecule has 5 heteroatoms. The number of nitrogens with one attached hydrogen (secondary N) is 1. The molecule has 19 heavy (non-hydrogen) atoms. The minimum absolute atomic E-state index is 0.417. The van der Waals surface area contributed by atoms with Gasteiger partial charge in [-0.25, -0.2) is 0 Å². The molecule has 0 spiro atoms. The number of nitrogens with two attached hydrogens (primary N) is 1. The molecule has 0 atom stereocenters. The topological polar surface area (TPSA) is 59.6 Å². The Kier molecular flexibility index (Phi) is 6.82. The van der Waals surface area contributed by atoms with Crippen molar-refractivity contribution in [3.05, 3.63) is 41.4 Å². The number of benzene rings is 1. The fourth-order valence-corrected chi connectivity index (χ4v) is 1.76. The molecule has 3 N–H and O–H groups in total. The van der Waals surface area contributed by atoms with Crippen LogP contribution in [0.2, 0.25) is 5.02 Å². The first kappa shape index (κ1) is 15.4. The van der Waals surface area contributed by atoms with Crippen LogP contribution in [0.15, 0.2) is 35.8 Å². The predicted octanol–water partition coefficient (Wildman–Crippen LogP) is 2.37. The maximum Gasteiger partial charge on any atom is 0.188 e. The van der Waals surface area contributed by atoms with Crippen LogP contribution in [0.1, 0.15) is 12.5 Å². The highest BCUT2D eigenvalue weighted by Crippen LogP contribution is 2.23. The molecule has 4 nitrogen and oxygen atoms in total. The van der Waals surface area contributed by atoms with Gasteiger partial charge in [-0.2, -0.15) is 0 Å². The van der Waals surface area contributed by atoms with Crippen molar-refractivity contribution >= 4 is 17.6 Å². The van der Waals surface area contributed by atoms with Gasteiger partial charge in [0.1, 0.15) is 5.75 Å². The lowest BCUT2D eigenvalue weighted by Gasteiger charge is -2.10. The van der Waals surface area contributed by atoms with E-state index in [1.807, 2.05) is 25.1 Å². The number of nitrogens with zero attached hydrogens (tertiary/aromatic N) is 1. The molecular weight excluding hydrogens is 262 g/mol. The van der Waals surface area contributed by atoms with Crippen LogP contribution in [-0.2, 0) is 6.42 Å². The lowest BCUT2D eigenvalue weighted by atomic mass is 10.1. The summed E-state index contributed by atoms with van der Waals surface area (Å²) < 4.78 is 5.55. The van der Waals surface area contributed by atoms with Crippen molar-refractivity contribution in [2.45, 2.75) is 13.3 Å². The van der Waals surface area contributed by atoms with Crippen LogP contribution in [0.5, 0.6) is 5.75 Å². The van der Waals surface area contributed by atoms with E-state index in [9.17, 15) is 0 Å². The van der Waals surface area contributed by atoms with Crippen molar-refractivity contribution in [2.75, 3.05) is 19.7 Å². The summed E-state index contributed by atoms with van der Waals surface area (Å²) in [4.78, 5) is 4.22. The summed E-state index contributed by atoms with van der Waals surface area (Å²) in [5, 5.41) is 3.62. The van der Waals surface area contributed by atoms with E-state index in [0.29, 0.717) is 30.7 Å². The van der Waals surface area contributed by atoms with Crippen molar-refractivity contribution in [1.82, 2.24) is 5.32 Å². The molecule has 0 radical (unpaired) electrons. The molecule has 0 fully saturated rings. The number of rotatable bonds is 7. The molecule has 0 aliphatic heterocycles. The quantitative estimate of drug-likeness (QED) is 0.458. The van der Waals surface area contributed by atoms with Crippen molar-refractivity contribution in [3.63, 3.8) is 0 Å². The second kappa shape index (κ2) is 8.43. The Morgan fingerprint density at radius 3 is 3.05 bits per heavy atom. The van der Waals surface area contributed by atoms with Crippen molar-refractivity contribution < 1.29 is 4.74 Å². The van der Waals surface area contributed by atoms with Gasteiger partial charge < -0.3 is 15.8 Å². The van der Waals surface area contributed by atoms with Crippen LogP contribution in [0, 0.1) is 0 Å². The van der Waals surface area contributed by atoms with Gasteiger partial charge in [0.25, 0.3) is 0 Å². The fourth-order valence-electron chi connectivity index (χ4n) is 1.57. The zero-order valence-electron chi connectivity index (χ0n) is 11.2. The largest absolute Gasteiger partial charge is 0.494 e. The molecule has 1 aromatic carbocycles. The number of guanidine groups is 1. The number of hydrogen-bond acceptors (Lipinski definition) is 2. The minimum Gasteiger partial charge on any atom is -0.494 e. The third-order valence-corrected chi connectivity index (χ3v) is 2.65. The summed E-state index contributed by atoms with van der Waals surface area (Å²) in [7, 11) is 0. The lowest BCUT2D eigenvalue weighted by molar-refractivity contribution is 0.336. The van der Waals surface area contributed by atoms with Crippen molar-refractivity contribution in [3.8, 4) is 5.75 Å². The first-order valence-corrected chi connectivity index (χ1v) is 6.61. The van der Waals surface area contributed by atoms with Gasteiger partial charge in [-0.15, -0.1) is 6.58 Å². The van der Waals surface area contributed by atoms with Gasteiger partial charge in [-0.1, -0.05) is 17.7 Å². The highest BCUT2D eigenvalue weighted by atomic mass is 35.5. The maximum absolute atomic E-state index is 5.99. The number of aliphatic imine (C=N–C) groups is 1. The van der Waals surface area contributed by atoms with E-state index in [-0.39, 0.29) is 0 Å². The molecule has 0 amide bonds. The van der Waals surface area contributed by atoms with Crippen LogP contribution < -0.4 is 15.8 Å². The van der Waals surface area contributed by atoms with Crippen LogP contribution in [0.4, 0.5) is 0 Å². The summed E-state index contributed by atoms with van der Waals surface area (Å²) in [6.07, 6.45) is 2.46. The van der Waals surface area contributed by atoms with Crippen LogP contribution in [0.25, 0.3) is 0 Å². The Labute approximate surface area is 119 Å². The molecule has 0 saturated carbocycles. The summed E-state index contributed by atoms with van der Waals surface area (Å²) >= 11 is 5.99. The van der Waals surface area contributed by atoms with Crippen molar-refractivity contribution in [1.29, 1.82) is 0 Å². The minimum atomic E-state index is 0.417. The van der Waals surface area contributed by atoms with Gasteiger partial charge in [0.2, 0.25) is 0 Å². The molecule has 0 heterocycles. The Bertz CT molecular complexity index is 446. The standard InChI is InChI=1S/C14H20ClN3O/c1-3-8-17-14(16)18-9-7-11-10-12(15)5-6-13(11)19-4-2/h3,5-6,10H,1,4,7-9H2,2H3,(H3,16,17,18). The zero-order chi connectivity index (χ0) is 14.1. The van der Waals surface area contributed by atoms with E-state index < -0.39 is 0 Å². The highest BCUT2D eigenvalue weighted by Gasteiger charge is 2.04. The summed E-state index contributed by atoms with van der Waals surface area (Å²) in [5.41, 5.74) is 6.72. The molecular formula is C14H20ClN3O. The van der Waals surface area contributed by atoms with Crippen LogP contribution in [-0.4, -0.2) is 25.7 Å². The smallest absolute Gasteiger partial charge is 0.188 e. The Balaban J connectivity index is 2.60. The Morgan fingerprint density at radius 1 is 1.58 bits per heavy atom. The normalized spacial score (nSPS) is 11.2. The SMILES string of the molecule is C=CCNC(N)=NCCc1cc(Cl)ccc1OCC. The third kappa shape index (κ3) is 5.66. The zero-order valence-corrected chi connectivity index (χ0v) is 11.9. The van der Waals surface area contributed by atoms with Gasteiger partial charge in [0.15, 0.2) is 5.96 Å². The molecule has 0 unspecified atom stereocenters. The maximum atomic E-state index is 5.99. The summed E-state index contributed by atoms with van der Waals surface area (Å²) in [6, 6.07) is 5.60. The molecule has 0 aromatic heterocycles. The number of ether oxygens (including phenoxy) is 1. The van der Waals surface area contributed by atoms with Gasteiger partial charge in [-0.05, 0) is 37.1 Å². The van der Waals surface area contributed by atoms with E-state index in [1.165, 1.54) is 0 Å². The van der Waals surface area contributed by atoms with E-state index >= 15 is 0 Å². The Morgan fingerprint density at radius 2 is 2.37 bits per heavy atom. The average Bonchev–Trinajstić information content (AvgIpc) is 2.39. The van der Waals surface area contributed by atoms with E-state index in [4.69, 9.17) is 22.1 Å². The average molecular weight is 282 g/mol. The monoisotopic (exact) mass is 281 g/mol. The molecule has 0 bridgehead atoms. The summed E-state index contributed by atoms with van der Waals surface area (Å²) in [5.74, 6) is 1.26. The fraction of sp³-hybridized carbons (Fsp3) is 0.357. The third-order valence-electron chi connectivity index (χ3n) is 2.41. The predicted molar refractivity (Wildman–Crippen MR) is 81.0 cm³/mol. The second-order valence-corrected chi connectivity index (χ2v) is 4.31. The molecule has 0 aliphatic rings. The van der Waals surface area contributed by atoms with Gasteiger partial charge >= 0.3 is 0 Å². The molecule has 0 saturated heterocycles. The lowest BCUT2D eigenvalue weighted by Crippen LogP contribution is -2.31. The first-order chi connectivity index (χ1) is 9.17. The Hall–Kier alpha value is -1.68. The molecule has 0 aliphatic carbocycles. The second-order valence-electron chi connectivity index (χ2n) is 3.87. The molecule has 104 valence electrons. The highest BCUT2D eigenvalue weighted by molar-refractivity contribution is 6.30. The number of halogens is 1. The van der Waals surface area contributed by atoms with Gasteiger partial charge in [-0.3, -0.25) is 4.99 Å². The van der Waals surface area contributed by atoms with E-state index in [1.54, 1.807) is 6.08 Å². The first-order valence-electron chi connectivity index (χ1n) is 6.23. The molecule has 1 rings (SSSR count). The van der Waals surface area contributed by atoms with Gasteiger partial charge in [0.05, 0.1) is 6.61 Å². The van der Waals surface area contributed by atoms with Crippen LogP contribution in [0.3, 0.4) is 0 Å². The van der Waals surface area contributed by atoms with Crippen LogP contribution >= 0.6 is 11.6 Å². The van der Waals surface area contributed by atoms with E-state index in [0.717, 1.165) is 17.7 Å². The molecule has 1 aromatic rings.